The number of carbonyl (C=O) groups excluding carboxylic acids is 1. The molecule has 0 aliphatic carbocycles. The summed E-state index contributed by atoms with van der Waals surface area (Å²) >= 11 is 0. The van der Waals surface area contributed by atoms with E-state index in [4.69, 9.17) is 9.47 Å². The number of fused-ring (bicyclic) bond motifs is 1. The van der Waals surface area contributed by atoms with Crippen LogP contribution in [-0.2, 0) is 14.8 Å². The minimum absolute atomic E-state index is 0.0119. The van der Waals surface area contributed by atoms with Gasteiger partial charge in [-0.05, 0) is 53.7 Å². The van der Waals surface area contributed by atoms with Crippen molar-refractivity contribution in [3.8, 4) is 17.2 Å². The van der Waals surface area contributed by atoms with Crippen molar-refractivity contribution in [2.45, 2.75) is 24.3 Å². The Bertz CT molecular complexity index is 1170. The van der Waals surface area contributed by atoms with Gasteiger partial charge in [-0.15, -0.1) is 5.10 Å². The first-order valence-electron chi connectivity index (χ1n) is 9.49. The second kappa shape index (κ2) is 8.70. The second-order valence-corrected chi connectivity index (χ2v) is 8.51. The summed E-state index contributed by atoms with van der Waals surface area (Å²) in [5, 5.41) is 13.6. The molecule has 1 aromatic heterocycles. The number of hydrogen-bond acceptors (Lipinski definition) is 8. The quantitative estimate of drug-likeness (QED) is 0.577. The highest BCUT2D eigenvalue weighted by molar-refractivity contribution is 7.89. The molecule has 12 heteroatoms. The van der Waals surface area contributed by atoms with Crippen LogP contribution in [-0.4, -0.2) is 53.8 Å². The van der Waals surface area contributed by atoms with Gasteiger partial charge in [0.05, 0.1) is 29.8 Å². The first-order valence-corrected chi connectivity index (χ1v) is 11.0. The van der Waals surface area contributed by atoms with Gasteiger partial charge >= 0.3 is 0 Å². The Balaban J connectivity index is 1.41. The minimum Gasteiger partial charge on any atom is -0.490 e. The van der Waals surface area contributed by atoms with Crippen LogP contribution in [0.2, 0.25) is 0 Å². The maximum atomic E-state index is 12.7. The average Bonchev–Trinajstić information content (AvgIpc) is 3.19. The highest BCUT2D eigenvalue weighted by Crippen LogP contribution is 2.31. The van der Waals surface area contributed by atoms with Crippen molar-refractivity contribution < 1.29 is 22.7 Å². The zero-order valence-electron chi connectivity index (χ0n) is 16.6. The largest absolute Gasteiger partial charge is 0.490 e. The van der Waals surface area contributed by atoms with Gasteiger partial charge in [0, 0.05) is 18.2 Å². The summed E-state index contributed by atoms with van der Waals surface area (Å²) in [4.78, 5) is 12.5. The van der Waals surface area contributed by atoms with Gasteiger partial charge in [0.1, 0.15) is 6.33 Å². The Morgan fingerprint density at radius 2 is 1.84 bits per heavy atom. The van der Waals surface area contributed by atoms with Crippen LogP contribution in [0, 0.1) is 0 Å². The number of rotatable bonds is 6. The lowest BCUT2D eigenvalue weighted by Gasteiger charge is -2.15. The third-order valence-electron chi connectivity index (χ3n) is 4.50. The number of hydrogen-bond donors (Lipinski definition) is 2. The van der Waals surface area contributed by atoms with Crippen LogP contribution in [0.4, 0.5) is 5.69 Å². The number of nitrogens with zero attached hydrogens (tertiary/aromatic N) is 4. The maximum absolute atomic E-state index is 12.7. The van der Waals surface area contributed by atoms with E-state index in [9.17, 15) is 13.2 Å². The third-order valence-corrected chi connectivity index (χ3v) is 6.04. The van der Waals surface area contributed by atoms with Crippen LogP contribution < -0.4 is 19.5 Å². The maximum Gasteiger partial charge on any atom is 0.242 e. The Labute approximate surface area is 178 Å². The van der Waals surface area contributed by atoms with Gasteiger partial charge in [-0.25, -0.2) is 13.1 Å². The van der Waals surface area contributed by atoms with Crippen molar-refractivity contribution in [1.82, 2.24) is 24.9 Å². The minimum atomic E-state index is -3.95. The highest BCUT2D eigenvalue weighted by atomic mass is 32.2. The first-order chi connectivity index (χ1) is 14.9. The van der Waals surface area contributed by atoms with E-state index in [0.717, 1.165) is 0 Å². The smallest absolute Gasteiger partial charge is 0.242 e. The molecule has 0 saturated heterocycles. The summed E-state index contributed by atoms with van der Waals surface area (Å²) in [6.45, 7) is 2.41. The zero-order chi connectivity index (χ0) is 21.8. The molecule has 0 unspecified atom stereocenters. The molecule has 0 spiro atoms. The van der Waals surface area contributed by atoms with Crippen LogP contribution in [0.25, 0.3) is 5.69 Å². The third kappa shape index (κ3) is 4.81. The van der Waals surface area contributed by atoms with E-state index in [1.54, 1.807) is 30.3 Å². The molecule has 1 aliphatic heterocycles. The first kappa shape index (κ1) is 20.8. The van der Waals surface area contributed by atoms with Gasteiger partial charge in [-0.3, -0.25) is 4.79 Å². The summed E-state index contributed by atoms with van der Waals surface area (Å²) < 4.78 is 40.4. The topological polar surface area (TPSA) is 137 Å². The molecule has 0 saturated carbocycles. The van der Waals surface area contributed by atoms with Crippen molar-refractivity contribution in [3.05, 3.63) is 48.8 Å². The molecule has 4 rings (SSSR count). The SMILES string of the molecule is C[C@H](NS(=O)(=O)c1ccc2c(c1)OCCCO2)C(=O)Nc1ccc(-n2cnnn2)cc1. The standard InChI is InChI=1S/C19H20N6O5S/c1-13(19(26)21-14-3-5-15(6-4-14)25-12-20-23-24-25)22-31(27,28)16-7-8-17-18(11-16)30-10-2-9-29-17/h3-8,11-13,22H,2,9-10H2,1H3,(H,21,26)/t13-/m0/s1. The number of benzene rings is 2. The fourth-order valence-electron chi connectivity index (χ4n) is 2.89. The van der Waals surface area contributed by atoms with Gasteiger partial charge in [0.25, 0.3) is 0 Å². The molecule has 2 N–H and O–H groups in total. The van der Waals surface area contributed by atoms with Crippen LogP contribution in [0.15, 0.2) is 53.7 Å². The lowest BCUT2D eigenvalue weighted by atomic mass is 10.2. The predicted molar refractivity (Wildman–Crippen MR) is 110 cm³/mol. The van der Waals surface area contributed by atoms with E-state index >= 15 is 0 Å². The second-order valence-electron chi connectivity index (χ2n) is 6.79. The van der Waals surface area contributed by atoms with Crippen molar-refractivity contribution in [2.24, 2.45) is 0 Å². The lowest BCUT2D eigenvalue weighted by molar-refractivity contribution is -0.117. The molecule has 11 nitrogen and oxygen atoms in total. The molecule has 2 aromatic carbocycles. The molecular formula is C19H20N6O5S. The number of carbonyl (C=O) groups is 1. The molecule has 1 amide bonds. The fraction of sp³-hybridized carbons (Fsp3) is 0.263. The number of ether oxygens (including phenoxy) is 2. The zero-order valence-corrected chi connectivity index (χ0v) is 17.4. The molecule has 3 aromatic rings. The molecular weight excluding hydrogens is 424 g/mol. The molecule has 0 radical (unpaired) electrons. The van der Waals surface area contributed by atoms with Crippen molar-refractivity contribution in [1.29, 1.82) is 0 Å². The van der Waals surface area contributed by atoms with Crippen LogP contribution in [0.5, 0.6) is 11.5 Å². The van der Waals surface area contributed by atoms with Crippen LogP contribution in [0.1, 0.15) is 13.3 Å². The molecule has 162 valence electrons. The van der Waals surface area contributed by atoms with Gasteiger partial charge < -0.3 is 14.8 Å². The van der Waals surface area contributed by atoms with E-state index in [1.807, 2.05) is 0 Å². The number of nitrogens with one attached hydrogen (secondary N) is 2. The summed E-state index contributed by atoms with van der Waals surface area (Å²) in [6, 6.07) is 10.1. The number of anilines is 1. The molecule has 1 atom stereocenters. The van der Waals surface area contributed by atoms with Gasteiger partial charge in [-0.1, -0.05) is 0 Å². The van der Waals surface area contributed by atoms with Crippen LogP contribution in [0.3, 0.4) is 0 Å². The molecule has 31 heavy (non-hydrogen) atoms. The predicted octanol–water partition coefficient (Wildman–Crippen LogP) is 1.13. The Morgan fingerprint density at radius 1 is 1.10 bits per heavy atom. The number of aromatic nitrogens is 4. The number of amides is 1. The lowest BCUT2D eigenvalue weighted by Crippen LogP contribution is -2.41. The Kier molecular flexibility index (Phi) is 5.82. The van der Waals surface area contributed by atoms with Crippen molar-refractivity contribution in [3.63, 3.8) is 0 Å². The number of sulfonamides is 1. The normalized spacial score (nSPS) is 14.5. The molecule has 0 bridgehead atoms. The summed E-state index contributed by atoms with van der Waals surface area (Å²) in [5.41, 5.74) is 1.22. The Hall–Kier alpha value is -3.51. The monoisotopic (exact) mass is 444 g/mol. The fourth-order valence-corrected chi connectivity index (χ4v) is 4.11. The van der Waals surface area contributed by atoms with E-state index in [2.05, 4.69) is 25.6 Å². The van der Waals surface area contributed by atoms with Gasteiger partial charge in [0.2, 0.25) is 15.9 Å². The van der Waals surface area contributed by atoms with E-state index < -0.39 is 22.0 Å². The van der Waals surface area contributed by atoms with Crippen LogP contribution >= 0.6 is 0 Å². The van der Waals surface area contributed by atoms with Gasteiger partial charge in [-0.2, -0.15) is 4.72 Å². The van der Waals surface area contributed by atoms with E-state index in [-0.39, 0.29) is 4.90 Å². The summed E-state index contributed by atoms with van der Waals surface area (Å²) in [5.74, 6) is 0.348. The van der Waals surface area contributed by atoms with Gasteiger partial charge in [0.15, 0.2) is 11.5 Å². The number of tetrazole rings is 1. The summed E-state index contributed by atoms with van der Waals surface area (Å²) in [7, 11) is -3.95. The van der Waals surface area contributed by atoms with E-state index in [1.165, 1.54) is 30.1 Å². The van der Waals surface area contributed by atoms with E-state index in [0.29, 0.717) is 42.5 Å². The van der Waals surface area contributed by atoms with Crippen molar-refractivity contribution in [2.75, 3.05) is 18.5 Å². The highest BCUT2D eigenvalue weighted by Gasteiger charge is 2.24. The summed E-state index contributed by atoms with van der Waals surface area (Å²) in [6.07, 6.45) is 2.16. The molecule has 2 heterocycles. The average molecular weight is 444 g/mol. The van der Waals surface area contributed by atoms with Crippen molar-refractivity contribution >= 4 is 21.6 Å². The Morgan fingerprint density at radius 3 is 2.55 bits per heavy atom. The molecule has 0 fully saturated rings. The molecule has 1 aliphatic rings.